The van der Waals surface area contributed by atoms with Crippen LogP contribution in [0.15, 0.2) is 0 Å². The van der Waals surface area contributed by atoms with Crippen molar-refractivity contribution in [3.8, 4) is 0 Å². The number of alkyl halides is 12. The number of hydrogen-bond acceptors (Lipinski definition) is 13. The third kappa shape index (κ3) is 13.6. The molecular weight excluding hydrogens is 894 g/mol. The SMILES string of the molecule is CN(C(=O)C(F)(F)F)C1C(O)C(OC2C(NC(=O)CCC(=O)O)CC(NC(=O)C(F)(F)F)C(OC3OC(CNC(=O)C(F)(F)F)CCC3NC(=O)C(F)(F)F)C2O)OCC1(C)O. The Balaban J connectivity index is 2.11. The van der Waals surface area contributed by atoms with Gasteiger partial charge < -0.3 is 65.5 Å². The second kappa shape index (κ2) is 19.6. The number of halogens is 12. The summed E-state index contributed by atoms with van der Waals surface area (Å²) in [6.45, 7) is -1.31. The summed E-state index contributed by atoms with van der Waals surface area (Å²) in [5.74, 6) is -13.4. The van der Waals surface area contributed by atoms with Crippen molar-refractivity contribution < 1.29 is 121 Å². The first-order chi connectivity index (χ1) is 28.1. The lowest BCUT2D eigenvalue weighted by Gasteiger charge is -2.51. The summed E-state index contributed by atoms with van der Waals surface area (Å²) in [4.78, 5) is 71.4. The number of aliphatic hydroxyl groups is 3. The highest BCUT2D eigenvalue weighted by Gasteiger charge is 2.57. The summed E-state index contributed by atoms with van der Waals surface area (Å²) in [5.41, 5.74) is -2.51. The van der Waals surface area contributed by atoms with Gasteiger partial charge in [-0.2, -0.15) is 52.7 Å². The van der Waals surface area contributed by atoms with E-state index in [-0.39, 0.29) is 4.90 Å². The quantitative estimate of drug-likeness (QED) is 0.103. The molecule has 0 aromatic carbocycles. The van der Waals surface area contributed by atoms with E-state index in [1.807, 2.05) is 0 Å². The van der Waals surface area contributed by atoms with Crippen molar-refractivity contribution in [1.82, 2.24) is 26.2 Å². The Hall–Kier alpha value is -4.30. The van der Waals surface area contributed by atoms with E-state index in [1.165, 1.54) is 16.0 Å². The largest absolute Gasteiger partial charge is 0.481 e. The highest BCUT2D eigenvalue weighted by atomic mass is 19.4. The van der Waals surface area contributed by atoms with Gasteiger partial charge in [-0.3, -0.25) is 28.8 Å². The minimum Gasteiger partial charge on any atom is -0.481 e. The lowest BCUT2D eigenvalue weighted by Crippen LogP contribution is -2.71. The van der Waals surface area contributed by atoms with Crippen LogP contribution in [0.25, 0.3) is 0 Å². The van der Waals surface area contributed by atoms with Crippen LogP contribution in [0.5, 0.6) is 0 Å². The van der Waals surface area contributed by atoms with E-state index >= 15 is 0 Å². The smallest absolute Gasteiger partial charge is 0.471 e. The Morgan fingerprint density at radius 2 is 1.21 bits per heavy atom. The maximum absolute atomic E-state index is 13.6. The van der Waals surface area contributed by atoms with Crippen LogP contribution in [-0.2, 0) is 47.7 Å². The van der Waals surface area contributed by atoms with Crippen molar-refractivity contribution in [2.75, 3.05) is 20.2 Å². The number of carbonyl (C=O) groups excluding carboxylic acids is 5. The molecule has 5 amide bonds. The topological polar surface area (TPSA) is 272 Å². The van der Waals surface area contributed by atoms with Gasteiger partial charge in [0, 0.05) is 20.0 Å². The number of ether oxygens (including phenoxy) is 4. The minimum atomic E-state index is -5.73. The summed E-state index contributed by atoms with van der Waals surface area (Å²) in [6, 6.07) is -8.54. The Labute approximate surface area is 339 Å². The number of carboxylic acid groups (broad SMARTS) is 1. The summed E-state index contributed by atoms with van der Waals surface area (Å²) < 4.78 is 181. The predicted molar refractivity (Wildman–Crippen MR) is 171 cm³/mol. The second-order valence-electron chi connectivity index (χ2n) is 14.4. The molecule has 0 aromatic heterocycles. The summed E-state index contributed by atoms with van der Waals surface area (Å²) in [6.07, 6.45) is -42.9. The molecular formula is C31H39F12N5O14. The van der Waals surface area contributed by atoms with Crippen molar-refractivity contribution in [2.24, 2.45) is 0 Å². The number of rotatable bonds is 13. The molecule has 0 radical (unpaired) electrons. The van der Waals surface area contributed by atoms with E-state index in [1.54, 1.807) is 0 Å². The van der Waals surface area contributed by atoms with Crippen molar-refractivity contribution >= 4 is 35.5 Å². The molecule has 12 unspecified atom stereocenters. The number of carbonyl (C=O) groups is 6. The molecule has 3 rings (SSSR count). The second-order valence-corrected chi connectivity index (χ2v) is 14.4. The number of nitrogens with one attached hydrogen (secondary N) is 4. The number of carboxylic acids is 1. The average molecular weight is 934 g/mol. The zero-order chi connectivity index (χ0) is 47.5. The minimum absolute atomic E-state index is 0.149. The molecule has 0 aromatic rings. The molecule has 2 saturated heterocycles. The van der Waals surface area contributed by atoms with E-state index in [0.29, 0.717) is 7.05 Å². The fourth-order valence-electron chi connectivity index (χ4n) is 6.77. The normalized spacial score (nSPS) is 32.2. The lowest BCUT2D eigenvalue weighted by molar-refractivity contribution is -0.316. The molecule has 62 heavy (non-hydrogen) atoms. The highest BCUT2D eigenvalue weighted by Crippen LogP contribution is 2.36. The Morgan fingerprint density at radius 3 is 1.71 bits per heavy atom. The van der Waals surface area contributed by atoms with Gasteiger partial charge in [0.2, 0.25) is 5.91 Å². The molecule has 31 heteroatoms. The fourth-order valence-corrected chi connectivity index (χ4v) is 6.77. The van der Waals surface area contributed by atoms with Crippen molar-refractivity contribution in [3.63, 3.8) is 0 Å². The molecule has 12 atom stereocenters. The summed E-state index contributed by atoms with van der Waals surface area (Å²) >= 11 is 0. The highest BCUT2D eigenvalue weighted by molar-refractivity contribution is 5.83. The molecule has 3 aliphatic rings. The third-order valence-electron chi connectivity index (χ3n) is 9.58. The molecule has 2 aliphatic heterocycles. The van der Waals surface area contributed by atoms with Gasteiger partial charge in [0.15, 0.2) is 12.6 Å². The van der Waals surface area contributed by atoms with Crippen LogP contribution in [0.1, 0.15) is 39.0 Å². The zero-order valence-corrected chi connectivity index (χ0v) is 31.7. The van der Waals surface area contributed by atoms with Gasteiger partial charge in [-0.15, -0.1) is 0 Å². The molecule has 19 nitrogen and oxygen atoms in total. The first kappa shape index (κ1) is 52.0. The van der Waals surface area contributed by atoms with Crippen LogP contribution in [-0.4, -0.2) is 179 Å². The van der Waals surface area contributed by atoms with Gasteiger partial charge >= 0.3 is 54.3 Å². The zero-order valence-electron chi connectivity index (χ0n) is 31.7. The van der Waals surface area contributed by atoms with E-state index in [2.05, 4.69) is 5.32 Å². The molecule has 0 spiro atoms. The number of likely N-dealkylation sites (N-methyl/N-ethyl adjacent to an activating group) is 1. The van der Waals surface area contributed by atoms with E-state index in [0.717, 1.165) is 6.92 Å². The average Bonchev–Trinajstić information content (AvgIpc) is 3.12. The molecule has 8 N–H and O–H groups in total. The Kier molecular flexibility index (Phi) is 16.5. The van der Waals surface area contributed by atoms with Crippen molar-refractivity contribution in [2.45, 2.75) is 137 Å². The Morgan fingerprint density at radius 1 is 0.710 bits per heavy atom. The first-order valence-electron chi connectivity index (χ1n) is 17.8. The van der Waals surface area contributed by atoms with Crippen LogP contribution in [0.4, 0.5) is 52.7 Å². The molecule has 1 saturated carbocycles. The van der Waals surface area contributed by atoms with Crippen molar-refractivity contribution in [3.05, 3.63) is 0 Å². The maximum Gasteiger partial charge on any atom is 0.471 e. The number of amides is 5. The number of aliphatic hydroxyl groups excluding tert-OH is 2. The van der Waals surface area contributed by atoms with Gasteiger partial charge in [-0.25, -0.2) is 0 Å². The molecule has 356 valence electrons. The van der Waals surface area contributed by atoms with Gasteiger partial charge in [-0.05, 0) is 26.2 Å². The van der Waals surface area contributed by atoms with Gasteiger partial charge in [-0.1, -0.05) is 0 Å². The molecule has 0 bridgehead atoms. The van der Waals surface area contributed by atoms with Crippen LogP contribution in [0.2, 0.25) is 0 Å². The lowest BCUT2D eigenvalue weighted by atomic mass is 9.82. The monoisotopic (exact) mass is 933 g/mol. The predicted octanol–water partition coefficient (Wildman–Crippen LogP) is -0.994. The molecule has 3 fully saturated rings. The van der Waals surface area contributed by atoms with Gasteiger partial charge in [0.1, 0.15) is 30.0 Å². The molecule has 1 aliphatic carbocycles. The van der Waals surface area contributed by atoms with Crippen LogP contribution >= 0.6 is 0 Å². The van der Waals surface area contributed by atoms with Crippen LogP contribution in [0.3, 0.4) is 0 Å². The van der Waals surface area contributed by atoms with E-state index in [9.17, 15) is 96.8 Å². The Bertz CT molecular complexity index is 1650. The number of hydrogen-bond donors (Lipinski definition) is 8. The first-order valence-corrected chi connectivity index (χ1v) is 17.8. The standard InChI is InChI=1S/C31H39F12N5O14/c1-27(58)9-59-22(17(53)20(27)48(2)26(57)31(41,42)43)62-18-12(45-14(49)5-6-15(50)51)7-13(47-25(56)30(38,39)40)19(16(18)52)61-21-11(46-24(55)29(35,36)37)4-3-10(60-21)8-44-23(54)28(32,33)34/h10-13,16-22,52-53,58H,3-9H2,1-2H3,(H,44,54)(H,45,49)(H,46,55)(H,47,56)(H,50,51). The van der Waals surface area contributed by atoms with Gasteiger partial charge in [0.25, 0.3) is 0 Å². The third-order valence-corrected chi connectivity index (χ3v) is 9.58. The summed E-state index contributed by atoms with van der Waals surface area (Å²) in [7, 11) is 0.499. The number of nitrogens with zero attached hydrogens (tertiary/aromatic N) is 1. The maximum atomic E-state index is 13.6. The fraction of sp³-hybridized carbons (Fsp3) is 0.806. The van der Waals surface area contributed by atoms with E-state index < -0.39 is 178 Å². The van der Waals surface area contributed by atoms with Crippen LogP contribution in [0, 0.1) is 0 Å². The van der Waals surface area contributed by atoms with Gasteiger partial charge in [0.05, 0.1) is 43.3 Å². The summed E-state index contributed by atoms with van der Waals surface area (Å²) in [5, 5.41) is 49.0. The van der Waals surface area contributed by atoms with E-state index in [4.69, 9.17) is 24.1 Å². The number of aliphatic carboxylic acids is 1. The van der Waals surface area contributed by atoms with Crippen molar-refractivity contribution in [1.29, 1.82) is 0 Å². The molecule has 2 heterocycles. The van der Waals surface area contributed by atoms with Crippen LogP contribution < -0.4 is 21.3 Å².